The molecule has 1 fully saturated rings. The van der Waals surface area contributed by atoms with Gasteiger partial charge in [-0.15, -0.1) is 24.0 Å². The molecule has 2 unspecified atom stereocenters. The van der Waals surface area contributed by atoms with Gasteiger partial charge in [-0.05, 0) is 50.4 Å². The Morgan fingerprint density at radius 3 is 2.52 bits per heavy atom. The first-order valence-corrected chi connectivity index (χ1v) is 9.78. The minimum Gasteiger partial charge on any atom is -0.468 e. The Kier molecular flexibility index (Phi) is 10.7. The van der Waals surface area contributed by atoms with Crippen LogP contribution in [0.3, 0.4) is 0 Å². The van der Waals surface area contributed by atoms with Gasteiger partial charge in [-0.1, -0.05) is 20.8 Å². The number of hydrogen-bond donors (Lipinski definition) is 2. The largest absolute Gasteiger partial charge is 0.468 e. The zero-order valence-corrected chi connectivity index (χ0v) is 19.8. The van der Waals surface area contributed by atoms with Crippen molar-refractivity contribution in [1.82, 2.24) is 15.5 Å². The third kappa shape index (κ3) is 7.62. The molecule has 7 heteroatoms. The van der Waals surface area contributed by atoms with Crippen molar-refractivity contribution < 1.29 is 9.15 Å². The highest BCUT2D eigenvalue weighted by atomic mass is 127. The van der Waals surface area contributed by atoms with Crippen molar-refractivity contribution in [2.75, 3.05) is 39.8 Å². The molecule has 0 bridgehead atoms. The van der Waals surface area contributed by atoms with E-state index in [0.29, 0.717) is 6.54 Å². The zero-order chi connectivity index (χ0) is 19.0. The summed E-state index contributed by atoms with van der Waals surface area (Å²) in [7, 11) is 1.76. The van der Waals surface area contributed by atoms with Gasteiger partial charge >= 0.3 is 0 Å². The first kappa shape index (κ1) is 24.2. The molecule has 27 heavy (non-hydrogen) atoms. The molecule has 1 aliphatic heterocycles. The van der Waals surface area contributed by atoms with Crippen molar-refractivity contribution in [2.24, 2.45) is 10.4 Å². The number of nitrogens with one attached hydrogen (secondary N) is 2. The predicted octanol–water partition coefficient (Wildman–Crippen LogP) is 3.65. The summed E-state index contributed by atoms with van der Waals surface area (Å²) in [5.41, 5.74) is 0.0574. The lowest BCUT2D eigenvalue weighted by Gasteiger charge is -2.29. The van der Waals surface area contributed by atoms with Gasteiger partial charge in [0.2, 0.25) is 0 Å². The lowest BCUT2D eigenvalue weighted by atomic mass is 9.89. The Hall–Kier alpha value is -0.800. The number of rotatable bonds is 8. The number of likely N-dealkylation sites (tertiary alicyclic amines) is 1. The average Bonchev–Trinajstić information content (AvgIpc) is 3.28. The Morgan fingerprint density at radius 1 is 1.30 bits per heavy atom. The van der Waals surface area contributed by atoms with E-state index in [1.807, 2.05) is 6.07 Å². The molecule has 2 heterocycles. The lowest BCUT2D eigenvalue weighted by Crippen LogP contribution is -2.43. The van der Waals surface area contributed by atoms with Crippen molar-refractivity contribution in [3.8, 4) is 0 Å². The van der Waals surface area contributed by atoms with Crippen LogP contribution in [-0.2, 0) is 4.74 Å². The number of nitrogens with zero attached hydrogens (tertiary/aromatic N) is 2. The fourth-order valence-electron chi connectivity index (χ4n) is 3.36. The Balaban J connectivity index is 0.00000364. The highest BCUT2D eigenvalue weighted by molar-refractivity contribution is 14.0. The van der Waals surface area contributed by atoms with E-state index in [1.54, 1.807) is 13.4 Å². The molecule has 2 rings (SSSR count). The van der Waals surface area contributed by atoms with Gasteiger partial charge in [-0.25, -0.2) is 0 Å². The number of hydrogen-bond acceptors (Lipinski definition) is 4. The monoisotopic (exact) mass is 492 g/mol. The minimum absolute atomic E-state index is 0. The van der Waals surface area contributed by atoms with E-state index in [9.17, 15) is 0 Å². The lowest BCUT2D eigenvalue weighted by molar-refractivity contribution is 0.0241. The molecule has 0 aliphatic carbocycles. The van der Waals surface area contributed by atoms with Crippen molar-refractivity contribution >= 4 is 29.9 Å². The quantitative estimate of drug-likeness (QED) is 0.330. The van der Waals surface area contributed by atoms with E-state index < -0.39 is 0 Å². The summed E-state index contributed by atoms with van der Waals surface area (Å²) in [4.78, 5) is 7.24. The van der Waals surface area contributed by atoms with Gasteiger partial charge in [0.25, 0.3) is 0 Å². The number of ether oxygens (including phenoxy) is 1. The third-order valence-corrected chi connectivity index (χ3v) is 4.93. The van der Waals surface area contributed by atoms with Crippen LogP contribution in [0, 0.1) is 5.41 Å². The number of methoxy groups -OCH3 is 1. The van der Waals surface area contributed by atoms with E-state index >= 15 is 0 Å². The van der Waals surface area contributed by atoms with Gasteiger partial charge < -0.3 is 19.8 Å². The number of guanidine groups is 1. The van der Waals surface area contributed by atoms with Gasteiger partial charge in [0, 0.05) is 20.2 Å². The molecule has 1 aromatic heterocycles. The molecule has 1 aliphatic rings. The summed E-state index contributed by atoms with van der Waals surface area (Å²) in [5, 5.41) is 6.84. The molecule has 6 nitrogen and oxygen atoms in total. The maximum atomic E-state index is 5.70. The zero-order valence-electron chi connectivity index (χ0n) is 17.5. The molecule has 0 saturated carbocycles. The molecular weight excluding hydrogens is 455 g/mol. The smallest absolute Gasteiger partial charge is 0.191 e. The van der Waals surface area contributed by atoms with Crippen LogP contribution in [0.25, 0.3) is 0 Å². The SMILES string of the molecule is CCNC(=NCC(OC)C(C)(C)C)NCC(c1ccco1)N1CCCC1.I. The van der Waals surface area contributed by atoms with Crippen molar-refractivity contribution in [3.63, 3.8) is 0 Å². The maximum Gasteiger partial charge on any atom is 0.191 e. The summed E-state index contributed by atoms with van der Waals surface area (Å²) in [6.07, 6.45) is 4.35. The van der Waals surface area contributed by atoms with Gasteiger partial charge in [0.05, 0.1) is 25.0 Å². The molecule has 156 valence electrons. The predicted molar refractivity (Wildman–Crippen MR) is 122 cm³/mol. The number of aliphatic imine (C=N–C) groups is 1. The summed E-state index contributed by atoms with van der Waals surface area (Å²) in [5.74, 6) is 1.84. The van der Waals surface area contributed by atoms with Crippen LogP contribution in [0.2, 0.25) is 0 Å². The molecule has 0 spiro atoms. The van der Waals surface area contributed by atoms with Crippen molar-refractivity contribution in [1.29, 1.82) is 0 Å². The van der Waals surface area contributed by atoms with Gasteiger partial charge in [0.1, 0.15) is 5.76 Å². The Morgan fingerprint density at radius 2 is 2.00 bits per heavy atom. The topological polar surface area (TPSA) is 62.0 Å². The van der Waals surface area contributed by atoms with Crippen LogP contribution in [-0.4, -0.2) is 56.8 Å². The first-order chi connectivity index (χ1) is 12.5. The van der Waals surface area contributed by atoms with Crippen LogP contribution in [0.15, 0.2) is 27.8 Å². The molecule has 2 N–H and O–H groups in total. The third-order valence-electron chi connectivity index (χ3n) is 4.93. The van der Waals surface area contributed by atoms with E-state index in [0.717, 1.165) is 37.9 Å². The standard InChI is InChI=1S/C20H36N4O2.HI/c1-6-21-19(23-15-18(25-5)20(2,3)4)22-14-16(17-10-9-13-26-17)24-11-7-8-12-24;/h9-10,13,16,18H,6-8,11-12,14-15H2,1-5H3,(H2,21,22,23);1H. The summed E-state index contributed by atoms with van der Waals surface area (Å²) >= 11 is 0. The van der Waals surface area contributed by atoms with E-state index in [1.165, 1.54) is 12.8 Å². The van der Waals surface area contributed by atoms with Crippen molar-refractivity contribution in [3.05, 3.63) is 24.2 Å². The van der Waals surface area contributed by atoms with E-state index in [4.69, 9.17) is 14.1 Å². The minimum atomic E-state index is 0. The Labute approximate surface area is 181 Å². The maximum absolute atomic E-state index is 5.70. The van der Waals surface area contributed by atoms with Crippen LogP contribution in [0.1, 0.15) is 52.3 Å². The van der Waals surface area contributed by atoms with Crippen LogP contribution >= 0.6 is 24.0 Å². The van der Waals surface area contributed by atoms with E-state index in [2.05, 4.69) is 49.3 Å². The molecule has 0 radical (unpaired) electrons. The molecule has 0 amide bonds. The van der Waals surface area contributed by atoms with Crippen molar-refractivity contribution in [2.45, 2.75) is 52.7 Å². The van der Waals surface area contributed by atoms with Gasteiger partial charge in [-0.3, -0.25) is 9.89 Å². The highest BCUT2D eigenvalue weighted by Crippen LogP contribution is 2.25. The molecule has 2 atom stereocenters. The normalized spacial score (nSPS) is 18.0. The van der Waals surface area contributed by atoms with Gasteiger partial charge in [0.15, 0.2) is 5.96 Å². The molecule has 1 aromatic rings. The average molecular weight is 492 g/mol. The molecule has 0 aromatic carbocycles. The van der Waals surface area contributed by atoms with Crippen LogP contribution in [0.5, 0.6) is 0 Å². The van der Waals surface area contributed by atoms with E-state index in [-0.39, 0.29) is 41.5 Å². The highest BCUT2D eigenvalue weighted by Gasteiger charge is 2.26. The summed E-state index contributed by atoms with van der Waals surface area (Å²) in [6, 6.07) is 4.26. The number of furan rings is 1. The molecular formula is C20H37IN4O2. The second-order valence-electron chi connectivity index (χ2n) is 7.97. The second-order valence-corrected chi connectivity index (χ2v) is 7.97. The van der Waals surface area contributed by atoms with Gasteiger partial charge in [-0.2, -0.15) is 0 Å². The fourth-order valence-corrected chi connectivity index (χ4v) is 3.36. The number of halogens is 1. The fraction of sp³-hybridized carbons (Fsp3) is 0.750. The first-order valence-electron chi connectivity index (χ1n) is 9.78. The summed E-state index contributed by atoms with van der Waals surface area (Å²) in [6.45, 7) is 13.1. The molecule has 1 saturated heterocycles. The van der Waals surface area contributed by atoms with Crippen LogP contribution < -0.4 is 10.6 Å². The Bertz CT molecular complexity index is 537. The second kappa shape index (κ2) is 11.9. The summed E-state index contributed by atoms with van der Waals surface area (Å²) < 4.78 is 11.3. The van der Waals surface area contributed by atoms with Crippen LogP contribution in [0.4, 0.5) is 0 Å².